The molecule has 1 atom stereocenters. The highest BCUT2D eigenvalue weighted by Crippen LogP contribution is 2.21. The van der Waals surface area contributed by atoms with Crippen molar-refractivity contribution in [3.05, 3.63) is 29.3 Å². The van der Waals surface area contributed by atoms with E-state index >= 15 is 0 Å². The summed E-state index contributed by atoms with van der Waals surface area (Å²) < 4.78 is 5.23. The first-order valence-corrected chi connectivity index (χ1v) is 7.53. The van der Waals surface area contributed by atoms with E-state index in [-0.39, 0.29) is 6.04 Å². The van der Waals surface area contributed by atoms with Crippen molar-refractivity contribution >= 4 is 11.8 Å². The van der Waals surface area contributed by atoms with Gasteiger partial charge in [-0.15, -0.1) is 0 Å². The first-order chi connectivity index (χ1) is 9.11. The fraction of sp³-hybridized carbons (Fsp3) is 0.462. The number of nitrogens with zero attached hydrogens (tertiary/aromatic N) is 3. The Labute approximate surface area is 117 Å². The average molecular weight is 278 g/mol. The highest BCUT2D eigenvalue weighted by atomic mass is 32.2. The Balaban J connectivity index is 2.20. The van der Waals surface area contributed by atoms with Crippen molar-refractivity contribution in [2.75, 3.05) is 12.0 Å². The molecule has 0 aliphatic rings. The van der Waals surface area contributed by atoms with Crippen molar-refractivity contribution in [1.82, 2.24) is 15.1 Å². The van der Waals surface area contributed by atoms with Crippen LogP contribution < -0.4 is 5.73 Å². The van der Waals surface area contributed by atoms with Crippen LogP contribution >= 0.6 is 11.8 Å². The van der Waals surface area contributed by atoms with E-state index in [0.717, 1.165) is 29.0 Å². The number of nitrogens with two attached hydrogens (primary N) is 1. The molecule has 0 aliphatic carbocycles. The lowest BCUT2D eigenvalue weighted by Gasteiger charge is -2.03. The van der Waals surface area contributed by atoms with E-state index in [9.17, 15) is 0 Å². The van der Waals surface area contributed by atoms with Crippen LogP contribution in [0, 0.1) is 13.8 Å². The quantitative estimate of drug-likeness (QED) is 0.905. The number of rotatable bonds is 5. The van der Waals surface area contributed by atoms with E-state index in [1.807, 2.05) is 26.2 Å². The van der Waals surface area contributed by atoms with Crippen LogP contribution in [0.3, 0.4) is 0 Å². The van der Waals surface area contributed by atoms with Gasteiger partial charge < -0.3 is 10.3 Å². The summed E-state index contributed by atoms with van der Waals surface area (Å²) in [6.45, 7) is 3.99. The molecule has 0 bridgehead atoms. The molecular weight excluding hydrogens is 260 g/mol. The first kappa shape index (κ1) is 14.0. The maximum Gasteiger partial charge on any atom is 0.243 e. The molecule has 2 heterocycles. The van der Waals surface area contributed by atoms with Crippen molar-refractivity contribution < 1.29 is 4.52 Å². The summed E-state index contributed by atoms with van der Waals surface area (Å²) in [5.41, 5.74) is 8.90. The molecule has 2 N–H and O–H groups in total. The summed E-state index contributed by atoms with van der Waals surface area (Å²) in [7, 11) is 0. The van der Waals surface area contributed by atoms with E-state index in [1.54, 1.807) is 18.0 Å². The van der Waals surface area contributed by atoms with Crippen molar-refractivity contribution in [3.63, 3.8) is 0 Å². The second kappa shape index (κ2) is 6.16. The summed E-state index contributed by atoms with van der Waals surface area (Å²) in [5.74, 6) is 1.96. The fourth-order valence-electron chi connectivity index (χ4n) is 1.80. The van der Waals surface area contributed by atoms with Crippen LogP contribution in [-0.4, -0.2) is 27.1 Å². The molecule has 102 valence electrons. The Hall–Kier alpha value is -1.40. The van der Waals surface area contributed by atoms with E-state index in [2.05, 4.69) is 15.1 Å². The molecule has 0 saturated heterocycles. The molecule has 0 spiro atoms. The lowest BCUT2D eigenvalue weighted by molar-refractivity contribution is 0.353. The number of aromatic nitrogens is 3. The Bertz CT molecular complexity index is 555. The van der Waals surface area contributed by atoms with Gasteiger partial charge in [-0.2, -0.15) is 16.7 Å². The third-order valence-corrected chi connectivity index (χ3v) is 3.46. The van der Waals surface area contributed by atoms with Gasteiger partial charge in [-0.25, -0.2) is 0 Å². The zero-order chi connectivity index (χ0) is 13.8. The summed E-state index contributed by atoms with van der Waals surface area (Å²) in [6.07, 6.45) is 4.67. The van der Waals surface area contributed by atoms with E-state index in [4.69, 9.17) is 10.3 Å². The van der Waals surface area contributed by atoms with Crippen LogP contribution in [0.2, 0.25) is 0 Å². The predicted octanol–water partition coefficient (Wildman–Crippen LogP) is 2.50. The molecule has 5 nitrogen and oxygen atoms in total. The summed E-state index contributed by atoms with van der Waals surface area (Å²) in [6, 6.07) is 1.84. The number of hydrogen-bond acceptors (Lipinski definition) is 6. The standard InChI is InChI=1S/C13H18N4OS/c1-8-6-9(2)11(15-7-8)12-16-13(18-17-12)10(14)4-5-19-3/h6-7,10H,4-5,14H2,1-3H3. The average Bonchev–Trinajstić information content (AvgIpc) is 2.85. The van der Waals surface area contributed by atoms with Gasteiger partial charge in [-0.1, -0.05) is 11.2 Å². The van der Waals surface area contributed by atoms with Crippen molar-refractivity contribution in [3.8, 4) is 11.5 Å². The lowest BCUT2D eigenvalue weighted by Crippen LogP contribution is -2.11. The van der Waals surface area contributed by atoms with Crippen LogP contribution in [0.5, 0.6) is 0 Å². The molecule has 1 unspecified atom stereocenters. The van der Waals surface area contributed by atoms with Gasteiger partial charge in [-0.3, -0.25) is 4.98 Å². The molecular formula is C13H18N4OS. The number of pyridine rings is 1. The Morgan fingerprint density at radius 3 is 2.89 bits per heavy atom. The highest BCUT2D eigenvalue weighted by Gasteiger charge is 2.17. The number of hydrogen-bond donors (Lipinski definition) is 1. The van der Waals surface area contributed by atoms with E-state index in [0.29, 0.717) is 11.7 Å². The minimum absolute atomic E-state index is 0.209. The van der Waals surface area contributed by atoms with Gasteiger partial charge in [0.25, 0.3) is 0 Å². The highest BCUT2D eigenvalue weighted by molar-refractivity contribution is 7.98. The summed E-state index contributed by atoms with van der Waals surface area (Å²) >= 11 is 1.75. The summed E-state index contributed by atoms with van der Waals surface area (Å²) in [4.78, 5) is 8.70. The Morgan fingerprint density at radius 2 is 2.21 bits per heavy atom. The van der Waals surface area contributed by atoms with Crippen LogP contribution in [0.15, 0.2) is 16.8 Å². The number of thioether (sulfide) groups is 1. The first-order valence-electron chi connectivity index (χ1n) is 6.13. The van der Waals surface area contributed by atoms with E-state index in [1.165, 1.54) is 0 Å². The molecule has 0 saturated carbocycles. The van der Waals surface area contributed by atoms with Crippen LogP contribution in [0.4, 0.5) is 0 Å². The maximum absolute atomic E-state index is 6.00. The molecule has 0 fully saturated rings. The predicted molar refractivity (Wildman–Crippen MR) is 76.9 cm³/mol. The molecule has 2 aromatic rings. The van der Waals surface area contributed by atoms with Gasteiger partial charge in [0.15, 0.2) is 0 Å². The second-order valence-electron chi connectivity index (χ2n) is 4.52. The third kappa shape index (κ3) is 3.33. The summed E-state index contributed by atoms with van der Waals surface area (Å²) in [5, 5.41) is 3.97. The molecule has 0 radical (unpaired) electrons. The number of aryl methyl sites for hydroxylation is 2. The Kier molecular flexibility index (Phi) is 4.55. The van der Waals surface area contributed by atoms with Gasteiger partial charge in [0, 0.05) is 6.20 Å². The molecule has 2 aromatic heterocycles. The van der Waals surface area contributed by atoms with Gasteiger partial charge in [0.1, 0.15) is 5.69 Å². The van der Waals surface area contributed by atoms with Gasteiger partial charge in [0.05, 0.1) is 6.04 Å². The largest absolute Gasteiger partial charge is 0.337 e. The molecule has 0 amide bonds. The lowest BCUT2D eigenvalue weighted by atomic mass is 10.1. The van der Waals surface area contributed by atoms with Gasteiger partial charge in [-0.05, 0) is 43.4 Å². The van der Waals surface area contributed by atoms with Crippen molar-refractivity contribution in [1.29, 1.82) is 0 Å². The Morgan fingerprint density at radius 1 is 1.42 bits per heavy atom. The molecule has 6 heteroatoms. The molecule has 19 heavy (non-hydrogen) atoms. The smallest absolute Gasteiger partial charge is 0.243 e. The molecule has 0 aliphatic heterocycles. The molecule has 2 rings (SSSR count). The van der Waals surface area contributed by atoms with Gasteiger partial charge in [0.2, 0.25) is 11.7 Å². The SMILES string of the molecule is CSCCC(N)c1nc(-c2ncc(C)cc2C)no1. The minimum atomic E-state index is -0.209. The monoisotopic (exact) mass is 278 g/mol. The van der Waals surface area contributed by atoms with Crippen LogP contribution in [-0.2, 0) is 0 Å². The van der Waals surface area contributed by atoms with Gasteiger partial charge >= 0.3 is 0 Å². The second-order valence-corrected chi connectivity index (χ2v) is 5.51. The maximum atomic E-state index is 6.00. The third-order valence-electron chi connectivity index (χ3n) is 2.82. The van der Waals surface area contributed by atoms with E-state index < -0.39 is 0 Å². The van der Waals surface area contributed by atoms with Crippen LogP contribution in [0.1, 0.15) is 29.5 Å². The fourth-order valence-corrected chi connectivity index (χ4v) is 2.29. The zero-order valence-corrected chi connectivity index (χ0v) is 12.2. The van der Waals surface area contributed by atoms with Crippen LogP contribution in [0.25, 0.3) is 11.5 Å². The topological polar surface area (TPSA) is 77.8 Å². The zero-order valence-electron chi connectivity index (χ0n) is 11.4. The minimum Gasteiger partial charge on any atom is -0.337 e. The van der Waals surface area contributed by atoms with Crippen molar-refractivity contribution in [2.24, 2.45) is 5.73 Å². The normalized spacial score (nSPS) is 12.6. The molecule has 0 aromatic carbocycles. The van der Waals surface area contributed by atoms with Crippen molar-refractivity contribution in [2.45, 2.75) is 26.3 Å².